The summed E-state index contributed by atoms with van der Waals surface area (Å²) in [4.78, 5) is 22.8. The normalized spacial score (nSPS) is 11.8. The lowest BCUT2D eigenvalue weighted by Gasteiger charge is -2.12. The van der Waals surface area contributed by atoms with Gasteiger partial charge in [-0.2, -0.15) is 0 Å². The maximum Gasteiger partial charge on any atom is 0.269 e. The maximum absolute atomic E-state index is 12.3. The van der Waals surface area contributed by atoms with Gasteiger partial charge in [0.15, 0.2) is 11.0 Å². The maximum atomic E-state index is 12.3. The molecule has 0 radical (unpaired) electrons. The van der Waals surface area contributed by atoms with Crippen LogP contribution < -0.4 is 5.32 Å². The first-order chi connectivity index (χ1) is 15.9. The fourth-order valence-electron chi connectivity index (χ4n) is 3.03. The summed E-state index contributed by atoms with van der Waals surface area (Å²) in [6, 6.07) is 13.9. The highest BCUT2D eigenvalue weighted by Crippen LogP contribution is 2.27. The lowest BCUT2D eigenvalue weighted by Crippen LogP contribution is -2.31. The Labute approximate surface area is 196 Å². The van der Waals surface area contributed by atoms with Crippen LogP contribution in [0.5, 0.6) is 0 Å². The van der Waals surface area contributed by atoms with Gasteiger partial charge in [0.25, 0.3) is 11.6 Å². The number of amides is 1. The fourth-order valence-corrected chi connectivity index (χ4v) is 3.96. The smallest absolute Gasteiger partial charge is 0.269 e. The first-order valence-electron chi connectivity index (χ1n) is 10.6. The van der Waals surface area contributed by atoms with Crippen LogP contribution in [0.4, 0.5) is 5.69 Å². The Morgan fingerprint density at radius 2 is 1.88 bits per heavy atom. The minimum atomic E-state index is -0.431. The Kier molecular flexibility index (Phi) is 8.56. The number of non-ortho nitro benzene ring substituents is 1. The van der Waals surface area contributed by atoms with Gasteiger partial charge in [-0.25, -0.2) is 0 Å². The zero-order chi connectivity index (χ0) is 23.8. The molecule has 0 unspecified atom stereocenters. The molecule has 0 aliphatic rings. The zero-order valence-corrected chi connectivity index (χ0v) is 19.7. The number of hydrogen-bond acceptors (Lipinski definition) is 7. The molecule has 0 aliphatic carbocycles. The van der Waals surface area contributed by atoms with E-state index >= 15 is 0 Å². The Bertz CT molecular complexity index is 1080. The van der Waals surface area contributed by atoms with Gasteiger partial charge >= 0.3 is 0 Å². The molecular formula is C23H27N5O4S. The van der Waals surface area contributed by atoms with Gasteiger partial charge in [0.2, 0.25) is 0 Å². The molecule has 1 N–H and O–H groups in total. The number of nitro groups is 1. The lowest BCUT2D eigenvalue weighted by atomic mass is 10.1. The third-order valence-electron chi connectivity index (χ3n) is 5.15. The van der Waals surface area contributed by atoms with Crippen LogP contribution in [0.2, 0.25) is 0 Å². The predicted molar refractivity (Wildman–Crippen MR) is 127 cm³/mol. The van der Waals surface area contributed by atoms with Crippen molar-refractivity contribution in [1.29, 1.82) is 0 Å². The van der Waals surface area contributed by atoms with Gasteiger partial charge in [-0.15, -0.1) is 10.2 Å². The summed E-state index contributed by atoms with van der Waals surface area (Å²) in [5.74, 6) is 1.20. The van der Waals surface area contributed by atoms with Crippen LogP contribution in [0.25, 0.3) is 11.4 Å². The number of thioether (sulfide) groups is 1. The van der Waals surface area contributed by atoms with Gasteiger partial charge in [0.05, 0.1) is 18.1 Å². The molecule has 174 valence electrons. The molecule has 2 aromatic carbocycles. The molecule has 3 rings (SSSR count). The second kappa shape index (κ2) is 11.6. The summed E-state index contributed by atoms with van der Waals surface area (Å²) in [6.07, 6.45) is 0.881. The first kappa shape index (κ1) is 24.4. The van der Waals surface area contributed by atoms with Crippen LogP contribution in [0, 0.1) is 10.1 Å². The minimum Gasteiger partial charge on any atom is -0.383 e. The van der Waals surface area contributed by atoms with E-state index in [9.17, 15) is 14.9 Å². The second-order valence-electron chi connectivity index (χ2n) is 7.52. The van der Waals surface area contributed by atoms with Crippen molar-refractivity contribution in [2.24, 2.45) is 0 Å². The number of hydrogen-bond donors (Lipinski definition) is 1. The summed E-state index contributed by atoms with van der Waals surface area (Å²) in [5, 5.41) is 23.3. The molecule has 33 heavy (non-hydrogen) atoms. The summed E-state index contributed by atoms with van der Waals surface area (Å²) in [7, 11) is 1.63. The van der Waals surface area contributed by atoms with Crippen molar-refractivity contribution in [3.8, 4) is 11.4 Å². The Hall–Kier alpha value is -3.24. The van der Waals surface area contributed by atoms with Crippen LogP contribution in [0.3, 0.4) is 0 Å². The predicted octanol–water partition coefficient (Wildman–Crippen LogP) is 4.32. The standard InChI is InChI=1S/C23H27N5O4S/c1-4-16(2)24-22(29)19-7-5-17(6-8-19)15-33-23-26-25-21(27(23)13-14-32-3)18-9-11-20(12-10-18)28(30)31/h5-12,16H,4,13-15H2,1-3H3,(H,24,29)/t16-/m1/s1. The lowest BCUT2D eigenvalue weighted by molar-refractivity contribution is -0.384. The van der Waals surface area contributed by atoms with E-state index in [0.29, 0.717) is 30.3 Å². The van der Waals surface area contributed by atoms with Crippen molar-refractivity contribution in [2.45, 2.75) is 43.8 Å². The minimum absolute atomic E-state index is 0.0255. The zero-order valence-electron chi connectivity index (χ0n) is 18.9. The van der Waals surface area contributed by atoms with E-state index in [-0.39, 0.29) is 17.6 Å². The van der Waals surface area contributed by atoms with Crippen molar-refractivity contribution in [3.05, 3.63) is 69.8 Å². The number of nitro benzene ring substituents is 1. The summed E-state index contributed by atoms with van der Waals surface area (Å²) < 4.78 is 7.18. The number of carbonyl (C=O) groups excluding carboxylic acids is 1. The molecule has 0 saturated carbocycles. The number of methoxy groups -OCH3 is 1. The quantitative estimate of drug-likeness (QED) is 0.253. The van der Waals surface area contributed by atoms with Gasteiger partial charge < -0.3 is 10.1 Å². The highest BCUT2D eigenvalue weighted by Gasteiger charge is 2.16. The number of rotatable bonds is 11. The third-order valence-corrected chi connectivity index (χ3v) is 6.18. The van der Waals surface area contributed by atoms with E-state index in [0.717, 1.165) is 22.7 Å². The molecule has 0 spiro atoms. The Morgan fingerprint density at radius 3 is 2.48 bits per heavy atom. The molecule has 0 aliphatic heterocycles. The van der Waals surface area contributed by atoms with E-state index in [1.54, 1.807) is 19.2 Å². The van der Waals surface area contributed by atoms with E-state index < -0.39 is 4.92 Å². The highest BCUT2D eigenvalue weighted by atomic mass is 32.2. The summed E-state index contributed by atoms with van der Waals surface area (Å²) in [5.41, 5.74) is 2.45. The van der Waals surface area contributed by atoms with E-state index in [1.807, 2.05) is 42.7 Å². The third kappa shape index (κ3) is 6.39. The second-order valence-corrected chi connectivity index (χ2v) is 8.47. The highest BCUT2D eigenvalue weighted by molar-refractivity contribution is 7.98. The average molecular weight is 470 g/mol. The van der Waals surface area contributed by atoms with E-state index in [2.05, 4.69) is 15.5 Å². The molecule has 0 bridgehead atoms. The van der Waals surface area contributed by atoms with Gasteiger partial charge in [-0.3, -0.25) is 19.5 Å². The average Bonchev–Trinajstić information content (AvgIpc) is 3.24. The largest absolute Gasteiger partial charge is 0.383 e. The van der Waals surface area contributed by atoms with Crippen molar-refractivity contribution in [2.75, 3.05) is 13.7 Å². The number of ether oxygens (including phenoxy) is 1. The van der Waals surface area contributed by atoms with Crippen LogP contribution in [-0.2, 0) is 17.0 Å². The van der Waals surface area contributed by atoms with Gasteiger partial charge in [-0.1, -0.05) is 30.8 Å². The van der Waals surface area contributed by atoms with E-state index in [4.69, 9.17) is 4.74 Å². The molecule has 1 atom stereocenters. The number of aromatic nitrogens is 3. The molecule has 9 nitrogen and oxygen atoms in total. The molecule has 0 fully saturated rings. The first-order valence-corrected chi connectivity index (χ1v) is 11.6. The Morgan fingerprint density at radius 1 is 1.18 bits per heavy atom. The van der Waals surface area contributed by atoms with Crippen LogP contribution in [0.15, 0.2) is 53.7 Å². The fraction of sp³-hybridized carbons (Fsp3) is 0.348. The van der Waals surface area contributed by atoms with Crippen molar-refractivity contribution in [3.63, 3.8) is 0 Å². The van der Waals surface area contributed by atoms with Gasteiger partial charge in [-0.05, 0) is 43.2 Å². The molecule has 10 heteroatoms. The van der Waals surface area contributed by atoms with Crippen molar-refractivity contribution < 1.29 is 14.5 Å². The van der Waals surface area contributed by atoms with Crippen LogP contribution >= 0.6 is 11.8 Å². The monoisotopic (exact) mass is 469 g/mol. The molecular weight excluding hydrogens is 442 g/mol. The topological polar surface area (TPSA) is 112 Å². The van der Waals surface area contributed by atoms with Crippen molar-refractivity contribution >= 4 is 23.4 Å². The number of carbonyl (C=O) groups is 1. The van der Waals surface area contributed by atoms with Gasteiger partial charge in [0.1, 0.15) is 0 Å². The Balaban J connectivity index is 1.73. The summed E-state index contributed by atoms with van der Waals surface area (Å²) in [6.45, 7) is 5.04. The number of nitrogens with zero attached hydrogens (tertiary/aromatic N) is 4. The van der Waals surface area contributed by atoms with E-state index in [1.165, 1.54) is 23.9 Å². The molecule has 3 aromatic rings. The van der Waals surface area contributed by atoms with Gasteiger partial charge in [0, 0.05) is 42.2 Å². The van der Waals surface area contributed by atoms with Crippen molar-refractivity contribution in [1.82, 2.24) is 20.1 Å². The van der Waals surface area contributed by atoms with Crippen LogP contribution in [0.1, 0.15) is 36.2 Å². The molecule has 1 amide bonds. The van der Waals surface area contributed by atoms with Crippen LogP contribution in [-0.4, -0.2) is 45.4 Å². The number of benzene rings is 2. The molecule has 0 saturated heterocycles. The molecule has 1 heterocycles. The molecule has 1 aromatic heterocycles. The SMILES string of the molecule is CC[C@@H](C)NC(=O)c1ccc(CSc2nnc(-c3ccc([N+](=O)[O-])cc3)n2CCOC)cc1. The number of nitrogens with one attached hydrogen (secondary N) is 1. The summed E-state index contributed by atoms with van der Waals surface area (Å²) >= 11 is 1.53.